The van der Waals surface area contributed by atoms with E-state index in [1.165, 1.54) is 35.0 Å². The summed E-state index contributed by atoms with van der Waals surface area (Å²) in [5, 5.41) is 13.3. The second-order valence-corrected chi connectivity index (χ2v) is 8.22. The van der Waals surface area contributed by atoms with Crippen molar-refractivity contribution in [3.63, 3.8) is 0 Å². The van der Waals surface area contributed by atoms with Crippen LogP contribution in [0.4, 0.5) is 0 Å². The largest absolute Gasteiger partial charge is 0.366 e. The molecule has 0 fully saturated rings. The zero-order valence-electron chi connectivity index (χ0n) is 14.0. The Labute approximate surface area is 160 Å². The molecule has 0 atom stereocenters. The van der Waals surface area contributed by atoms with Crippen LogP contribution in [0, 0.1) is 11.3 Å². The minimum Gasteiger partial charge on any atom is -0.366 e. The van der Waals surface area contributed by atoms with Gasteiger partial charge in [-0.05, 0) is 42.0 Å². The minimum absolute atomic E-state index is 0.00778. The van der Waals surface area contributed by atoms with Crippen LogP contribution in [0.25, 0.3) is 16.8 Å². The Balaban J connectivity index is 2.37. The molecule has 2 N–H and O–H groups in total. The molecule has 7 nitrogen and oxygen atoms in total. The fourth-order valence-electron chi connectivity index (χ4n) is 2.68. The molecule has 0 aliphatic carbocycles. The third-order valence-electron chi connectivity index (χ3n) is 3.85. The Morgan fingerprint density at radius 3 is 2.59 bits per heavy atom. The molecule has 0 aliphatic rings. The van der Waals surface area contributed by atoms with Crippen LogP contribution < -0.4 is 5.73 Å². The van der Waals surface area contributed by atoms with E-state index in [-0.39, 0.29) is 21.2 Å². The lowest BCUT2D eigenvalue weighted by molar-refractivity contribution is 0.100. The molecule has 0 saturated carbocycles. The summed E-state index contributed by atoms with van der Waals surface area (Å²) < 4.78 is 25.4. The Kier molecular flexibility index (Phi) is 4.74. The van der Waals surface area contributed by atoms with E-state index in [9.17, 15) is 13.2 Å². The number of carbonyl (C=O) groups excluding carboxylic acids is 1. The quantitative estimate of drug-likeness (QED) is 0.721. The molecule has 27 heavy (non-hydrogen) atoms. The van der Waals surface area contributed by atoms with Gasteiger partial charge in [0.15, 0.2) is 15.5 Å². The van der Waals surface area contributed by atoms with E-state index in [2.05, 4.69) is 5.10 Å². The zero-order chi connectivity index (χ0) is 19.8. The maximum atomic E-state index is 12.0. The first-order valence-corrected chi connectivity index (χ1v) is 9.87. The predicted octanol–water partition coefficient (Wildman–Crippen LogP) is 2.57. The number of aromatic nitrogens is 2. The maximum Gasteiger partial charge on any atom is 0.249 e. The van der Waals surface area contributed by atoms with Crippen LogP contribution in [-0.2, 0) is 9.84 Å². The van der Waals surface area contributed by atoms with Crippen molar-refractivity contribution in [1.82, 2.24) is 9.78 Å². The lowest BCUT2D eigenvalue weighted by Gasteiger charge is -2.15. The third-order valence-corrected chi connectivity index (χ3v) is 5.16. The molecular weight excluding hydrogens is 388 g/mol. The van der Waals surface area contributed by atoms with Crippen molar-refractivity contribution in [3.05, 3.63) is 64.9 Å². The molecule has 3 rings (SSSR count). The number of hydrogen-bond acceptors (Lipinski definition) is 5. The molecule has 9 heteroatoms. The van der Waals surface area contributed by atoms with E-state index in [0.29, 0.717) is 16.8 Å². The molecule has 1 aromatic heterocycles. The molecule has 136 valence electrons. The molecule has 0 bridgehead atoms. The molecule has 0 radical (unpaired) electrons. The van der Waals surface area contributed by atoms with Crippen molar-refractivity contribution >= 4 is 27.3 Å². The van der Waals surface area contributed by atoms with Crippen LogP contribution in [0.3, 0.4) is 0 Å². The van der Waals surface area contributed by atoms with E-state index in [1.54, 1.807) is 18.3 Å². The number of nitriles is 1. The second kappa shape index (κ2) is 6.87. The number of hydrogen-bond donors (Lipinski definition) is 1. The Bertz CT molecular complexity index is 1210. The number of primary amides is 1. The van der Waals surface area contributed by atoms with E-state index < -0.39 is 15.7 Å². The summed E-state index contributed by atoms with van der Waals surface area (Å²) in [4.78, 5) is 12.0. The van der Waals surface area contributed by atoms with Crippen LogP contribution in [0.15, 0.2) is 53.6 Å². The van der Waals surface area contributed by atoms with E-state index in [0.717, 1.165) is 6.26 Å². The van der Waals surface area contributed by atoms with Gasteiger partial charge in [-0.3, -0.25) is 4.79 Å². The summed E-state index contributed by atoms with van der Waals surface area (Å²) in [5.74, 6) is -0.694. The number of sulfone groups is 1. The van der Waals surface area contributed by atoms with Gasteiger partial charge in [0, 0.05) is 28.6 Å². The average Bonchev–Trinajstić information content (AvgIpc) is 3.08. The number of halogens is 1. The molecule has 2 aromatic carbocycles. The smallest absolute Gasteiger partial charge is 0.249 e. The normalized spacial score (nSPS) is 11.1. The maximum absolute atomic E-state index is 12.0. The summed E-state index contributed by atoms with van der Waals surface area (Å²) in [6, 6.07) is 12.5. The highest BCUT2D eigenvalue weighted by molar-refractivity contribution is 7.90. The van der Waals surface area contributed by atoms with Crippen LogP contribution in [0.5, 0.6) is 0 Å². The number of nitrogens with two attached hydrogens (primary N) is 1. The highest BCUT2D eigenvalue weighted by Gasteiger charge is 2.19. The molecule has 1 amide bonds. The van der Waals surface area contributed by atoms with Gasteiger partial charge in [-0.25, -0.2) is 13.1 Å². The first-order chi connectivity index (χ1) is 12.7. The Hall–Kier alpha value is -3.15. The lowest BCUT2D eigenvalue weighted by atomic mass is 9.97. The summed E-state index contributed by atoms with van der Waals surface area (Å²) in [6.45, 7) is 0. The Morgan fingerprint density at radius 1 is 1.26 bits per heavy atom. The fourth-order valence-corrected chi connectivity index (χ4v) is 3.66. The topological polar surface area (TPSA) is 119 Å². The van der Waals surface area contributed by atoms with Gasteiger partial charge in [-0.1, -0.05) is 17.7 Å². The predicted molar refractivity (Wildman–Crippen MR) is 100 cm³/mol. The van der Waals surface area contributed by atoms with Crippen molar-refractivity contribution in [2.45, 2.75) is 4.90 Å². The van der Waals surface area contributed by atoms with Gasteiger partial charge in [-0.15, -0.1) is 0 Å². The number of rotatable bonds is 4. The SMILES string of the molecule is CS(=O)(=O)c1cc(Cl)cc(-c2c(C(N)=O)cccc2-n2ccc(C#N)n2)c1. The number of carbonyl (C=O) groups is 1. The van der Waals surface area contributed by atoms with Crippen LogP contribution in [0.1, 0.15) is 16.1 Å². The molecular formula is C18H13ClN4O3S. The summed E-state index contributed by atoms with van der Waals surface area (Å²) in [5.41, 5.74) is 7.09. The van der Waals surface area contributed by atoms with Crippen LogP contribution in [0.2, 0.25) is 5.02 Å². The zero-order valence-corrected chi connectivity index (χ0v) is 15.6. The number of benzene rings is 2. The van der Waals surface area contributed by atoms with Crippen LogP contribution in [-0.4, -0.2) is 30.4 Å². The number of nitrogens with zero attached hydrogens (tertiary/aromatic N) is 3. The standard InChI is InChI=1S/C18H13ClN4O3S/c1-27(25,26)14-8-11(7-12(19)9-14)17-15(18(21)24)3-2-4-16(17)23-6-5-13(10-20)22-23/h2-9H,1H3,(H2,21,24). The van der Waals surface area contributed by atoms with Gasteiger partial charge >= 0.3 is 0 Å². The van der Waals surface area contributed by atoms with E-state index in [4.69, 9.17) is 22.6 Å². The van der Waals surface area contributed by atoms with Gasteiger partial charge in [0.05, 0.1) is 10.6 Å². The average molecular weight is 401 g/mol. The second-order valence-electron chi connectivity index (χ2n) is 5.77. The molecule has 0 saturated heterocycles. The first kappa shape index (κ1) is 18.6. The van der Waals surface area contributed by atoms with Crippen molar-refractivity contribution < 1.29 is 13.2 Å². The first-order valence-electron chi connectivity index (χ1n) is 7.60. The van der Waals surface area contributed by atoms with Crippen LogP contribution >= 0.6 is 11.6 Å². The van der Waals surface area contributed by atoms with Gasteiger partial charge < -0.3 is 5.73 Å². The minimum atomic E-state index is -3.53. The summed E-state index contributed by atoms with van der Waals surface area (Å²) in [7, 11) is -3.53. The van der Waals surface area contributed by atoms with E-state index in [1.807, 2.05) is 6.07 Å². The molecule has 1 heterocycles. The van der Waals surface area contributed by atoms with Crippen molar-refractivity contribution in [2.75, 3.05) is 6.26 Å². The summed E-state index contributed by atoms with van der Waals surface area (Å²) >= 11 is 6.12. The monoisotopic (exact) mass is 400 g/mol. The van der Waals surface area contributed by atoms with Gasteiger partial charge in [-0.2, -0.15) is 10.4 Å². The third kappa shape index (κ3) is 3.69. The molecule has 0 spiro atoms. The van der Waals surface area contributed by atoms with E-state index >= 15 is 0 Å². The fraction of sp³-hybridized carbons (Fsp3) is 0.0556. The molecule has 0 aliphatic heterocycles. The number of amides is 1. The Morgan fingerprint density at radius 2 is 2.00 bits per heavy atom. The van der Waals surface area contributed by atoms with Gasteiger partial charge in [0.25, 0.3) is 0 Å². The van der Waals surface area contributed by atoms with Gasteiger partial charge in [0.2, 0.25) is 5.91 Å². The van der Waals surface area contributed by atoms with Gasteiger partial charge in [0.1, 0.15) is 6.07 Å². The molecule has 3 aromatic rings. The molecule has 0 unspecified atom stereocenters. The lowest BCUT2D eigenvalue weighted by Crippen LogP contribution is -2.14. The highest BCUT2D eigenvalue weighted by atomic mass is 35.5. The van der Waals surface area contributed by atoms with Crippen molar-refractivity contribution in [3.8, 4) is 22.9 Å². The highest BCUT2D eigenvalue weighted by Crippen LogP contribution is 2.34. The summed E-state index contributed by atoms with van der Waals surface area (Å²) in [6.07, 6.45) is 2.63. The van der Waals surface area contributed by atoms with Crippen molar-refractivity contribution in [1.29, 1.82) is 5.26 Å². The van der Waals surface area contributed by atoms with Crippen molar-refractivity contribution in [2.24, 2.45) is 5.73 Å².